The first-order valence-corrected chi connectivity index (χ1v) is 15.4. The van der Waals surface area contributed by atoms with Crippen LogP contribution in [-0.2, 0) is 0 Å². The standard InChI is InChI=1S/C18H26ClNO.C14H19NO/c19-12-1-2-14-21-17-10-8-15(9-11-17)18-7-3-5-16-6-4-13-20(16)18;16-13-7-4-11(5-8-13)14-9-6-12-3-1-2-10-15(12)14/h8-11,16,18H,1-7,12-14H2;4-5,7-8,12,14,16H,1-3,6,9-10H2/t;12-,14-/m.0/s1. The maximum absolute atomic E-state index is 9.32. The monoisotopic (exact) mass is 524 g/mol. The summed E-state index contributed by atoms with van der Waals surface area (Å²) in [6.07, 6.45) is 15.7. The molecular formula is C32H45ClN2O2. The smallest absolute Gasteiger partial charge is 0.119 e. The van der Waals surface area contributed by atoms with Crippen molar-refractivity contribution < 1.29 is 9.84 Å². The molecule has 2 aromatic rings. The van der Waals surface area contributed by atoms with E-state index in [2.05, 4.69) is 46.2 Å². The van der Waals surface area contributed by atoms with Gasteiger partial charge in [-0.05, 0) is 119 Å². The van der Waals surface area contributed by atoms with Crippen molar-refractivity contribution in [2.45, 2.75) is 101 Å². The second-order valence-corrected chi connectivity index (χ2v) is 11.7. The number of unbranched alkanes of at least 4 members (excludes halogenated alkanes) is 1. The van der Waals surface area contributed by atoms with Crippen molar-refractivity contribution in [3.05, 3.63) is 59.7 Å². The summed E-state index contributed by atoms with van der Waals surface area (Å²) in [5.74, 6) is 2.08. The molecule has 0 aromatic heterocycles. The molecule has 4 aliphatic heterocycles. The van der Waals surface area contributed by atoms with Crippen molar-refractivity contribution >= 4 is 11.6 Å². The van der Waals surface area contributed by atoms with E-state index < -0.39 is 0 Å². The topological polar surface area (TPSA) is 35.9 Å². The van der Waals surface area contributed by atoms with Crippen molar-refractivity contribution in [3.63, 3.8) is 0 Å². The number of nitrogens with zero attached hydrogens (tertiary/aromatic N) is 2. The second-order valence-electron chi connectivity index (χ2n) is 11.4. The van der Waals surface area contributed by atoms with Crippen molar-refractivity contribution in [2.24, 2.45) is 0 Å². The highest BCUT2D eigenvalue weighted by Gasteiger charge is 2.36. The minimum Gasteiger partial charge on any atom is -0.508 e. The van der Waals surface area contributed by atoms with E-state index >= 15 is 0 Å². The number of piperidine rings is 2. The van der Waals surface area contributed by atoms with Crippen LogP contribution in [0.5, 0.6) is 11.5 Å². The quantitative estimate of drug-likeness (QED) is 0.295. The number of phenolic OH excluding ortho intramolecular Hbond substituents is 1. The Balaban J connectivity index is 0.000000157. The van der Waals surface area contributed by atoms with Gasteiger partial charge < -0.3 is 9.84 Å². The Kier molecular flexibility index (Phi) is 9.69. The van der Waals surface area contributed by atoms with Crippen LogP contribution in [0.3, 0.4) is 0 Å². The molecule has 2 aromatic carbocycles. The Labute approximate surface area is 229 Å². The van der Waals surface area contributed by atoms with E-state index in [1.807, 2.05) is 12.1 Å². The highest BCUT2D eigenvalue weighted by Crippen LogP contribution is 2.41. The summed E-state index contributed by atoms with van der Waals surface area (Å²) in [6, 6.07) is 19.5. The molecule has 6 rings (SSSR count). The molecule has 4 atom stereocenters. The molecule has 4 saturated heterocycles. The van der Waals surface area contributed by atoms with E-state index in [9.17, 15) is 5.11 Å². The van der Waals surface area contributed by atoms with Crippen molar-refractivity contribution in [1.82, 2.24) is 9.80 Å². The first-order chi connectivity index (χ1) is 18.2. The summed E-state index contributed by atoms with van der Waals surface area (Å²) < 4.78 is 5.76. The van der Waals surface area contributed by atoms with Crippen LogP contribution < -0.4 is 4.74 Å². The van der Waals surface area contributed by atoms with Gasteiger partial charge in [-0.15, -0.1) is 11.6 Å². The summed E-state index contributed by atoms with van der Waals surface area (Å²) in [6.45, 7) is 3.31. The summed E-state index contributed by atoms with van der Waals surface area (Å²) in [5.41, 5.74) is 2.84. The molecular weight excluding hydrogens is 480 g/mol. The van der Waals surface area contributed by atoms with Crippen molar-refractivity contribution in [1.29, 1.82) is 0 Å². The fourth-order valence-electron chi connectivity index (χ4n) is 7.14. The Morgan fingerprint density at radius 2 is 1.30 bits per heavy atom. The van der Waals surface area contributed by atoms with Gasteiger partial charge in [0.2, 0.25) is 0 Å². The first kappa shape index (κ1) is 26.8. The van der Waals surface area contributed by atoms with Gasteiger partial charge in [-0.3, -0.25) is 9.80 Å². The predicted octanol–water partition coefficient (Wildman–Crippen LogP) is 7.86. The van der Waals surface area contributed by atoms with E-state index in [0.717, 1.165) is 43.2 Å². The van der Waals surface area contributed by atoms with Gasteiger partial charge in [-0.25, -0.2) is 0 Å². The van der Waals surface area contributed by atoms with Gasteiger partial charge in [0.1, 0.15) is 11.5 Å². The lowest BCUT2D eigenvalue weighted by Crippen LogP contribution is -2.37. The largest absolute Gasteiger partial charge is 0.508 e. The highest BCUT2D eigenvalue weighted by molar-refractivity contribution is 6.17. The van der Waals surface area contributed by atoms with Crippen LogP contribution in [0.15, 0.2) is 48.5 Å². The maximum Gasteiger partial charge on any atom is 0.119 e. The van der Waals surface area contributed by atoms with E-state index in [1.165, 1.54) is 88.4 Å². The highest BCUT2D eigenvalue weighted by atomic mass is 35.5. The third kappa shape index (κ3) is 6.82. The number of alkyl halides is 1. The molecule has 0 aliphatic carbocycles. The number of phenols is 1. The van der Waals surface area contributed by atoms with Crippen LogP contribution in [-0.4, -0.2) is 52.6 Å². The van der Waals surface area contributed by atoms with Gasteiger partial charge in [0.15, 0.2) is 0 Å². The number of benzene rings is 2. The minimum absolute atomic E-state index is 0.372. The Bertz CT molecular complexity index is 950. The minimum atomic E-state index is 0.372. The SMILES string of the molecule is ClCCCCOc1ccc(C2CCCC3CCCN32)cc1.Oc1ccc([C@@H]2CC[C@@H]3CCCCN32)cc1. The lowest BCUT2D eigenvalue weighted by molar-refractivity contribution is 0.123. The van der Waals surface area contributed by atoms with E-state index in [4.69, 9.17) is 16.3 Å². The summed E-state index contributed by atoms with van der Waals surface area (Å²) in [7, 11) is 0. The summed E-state index contributed by atoms with van der Waals surface area (Å²) in [4.78, 5) is 5.41. The molecule has 37 heavy (non-hydrogen) atoms. The molecule has 0 bridgehead atoms. The zero-order valence-corrected chi connectivity index (χ0v) is 23.1. The average molecular weight is 525 g/mol. The van der Waals surface area contributed by atoms with E-state index in [-0.39, 0.29) is 0 Å². The molecule has 0 spiro atoms. The number of fused-ring (bicyclic) bond motifs is 2. The number of aromatic hydroxyl groups is 1. The predicted molar refractivity (Wildman–Crippen MR) is 153 cm³/mol. The molecule has 0 radical (unpaired) electrons. The third-order valence-corrected chi connectivity index (χ3v) is 9.29. The zero-order chi connectivity index (χ0) is 25.5. The van der Waals surface area contributed by atoms with Gasteiger partial charge in [-0.2, -0.15) is 0 Å². The van der Waals surface area contributed by atoms with Gasteiger partial charge in [-0.1, -0.05) is 30.7 Å². The molecule has 2 unspecified atom stereocenters. The molecule has 5 heteroatoms. The maximum atomic E-state index is 9.32. The molecule has 4 fully saturated rings. The normalized spacial score (nSPS) is 27.7. The second kappa shape index (κ2) is 13.4. The van der Waals surface area contributed by atoms with Crippen LogP contribution in [0.2, 0.25) is 0 Å². The number of rotatable bonds is 7. The van der Waals surface area contributed by atoms with Gasteiger partial charge in [0, 0.05) is 30.0 Å². The molecule has 4 aliphatic rings. The van der Waals surface area contributed by atoms with Gasteiger partial charge in [0.05, 0.1) is 6.61 Å². The van der Waals surface area contributed by atoms with Crippen molar-refractivity contribution in [3.8, 4) is 11.5 Å². The fraction of sp³-hybridized carbons (Fsp3) is 0.625. The van der Waals surface area contributed by atoms with E-state index in [0.29, 0.717) is 17.8 Å². The Morgan fingerprint density at radius 1 is 0.676 bits per heavy atom. The van der Waals surface area contributed by atoms with Crippen LogP contribution in [0.4, 0.5) is 0 Å². The lowest BCUT2D eigenvalue weighted by atomic mass is 9.92. The third-order valence-electron chi connectivity index (χ3n) is 9.02. The van der Waals surface area contributed by atoms with Gasteiger partial charge >= 0.3 is 0 Å². The van der Waals surface area contributed by atoms with Crippen LogP contribution in [0.25, 0.3) is 0 Å². The van der Waals surface area contributed by atoms with Crippen LogP contribution in [0.1, 0.15) is 100 Å². The Hall–Kier alpha value is -1.75. The van der Waals surface area contributed by atoms with Gasteiger partial charge in [0.25, 0.3) is 0 Å². The average Bonchev–Trinajstić information content (AvgIpc) is 3.60. The van der Waals surface area contributed by atoms with Crippen molar-refractivity contribution in [2.75, 3.05) is 25.6 Å². The fourth-order valence-corrected chi connectivity index (χ4v) is 7.32. The molecule has 4 nitrogen and oxygen atoms in total. The molecule has 4 heterocycles. The van der Waals surface area contributed by atoms with E-state index in [1.54, 1.807) is 0 Å². The number of hydrogen-bond donors (Lipinski definition) is 1. The lowest BCUT2D eigenvalue weighted by Gasteiger charge is -2.38. The van der Waals surface area contributed by atoms with Crippen LogP contribution >= 0.6 is 11.6 Å². The zero-order valence-electron chi connectivity index (χ0n) is 22.4. The molecule has 0 saturated carbocycles. The summed E-state index contributed by atoms with van der Waals surface area (Å²) in [5, 5.41) is 9.32. The molecule has 202 valence electrons. The molecule has 1 N–H and O–H groups in total. The number of halogens is 1. The molecule has 0 amide bonds. The first-order valence-electron chi connectivity index (χ1n) is 14.8. The number of hydrogen-bond acceptors (Lipinski definition) is 4. The number of ether oxygens (including phenoxy) is 1. The Morgan fingerprint density at radius 3 is 2.05 bits per heavy atom. The summed E-state index contributed by atoms with van der Waals surface area (Å²) >= 11 is 5.67. The van der Waals surface area contributed by atoms with Crippen LogP contribution in [0, 0.1) is 0 Å².